The topological polar surface area (TPSA) is 96.3 Å². The first kappa shape index (κ1) is 26.9. The fourth-order valence-corrected chi connectivity index (χ4v) is 4.52. The van der Waals surface area contributed by atoms with E-state index >= 15 is 0 Å². The Bertz CT molecular complexity index is 1270. The highest BCUT2D eigenvalue weighted by molar-refractivity contribution is 5.94. The second kappa shape index (κ2) is 11.5. The normalized spacial score (nSPS) is 18.0. The molecule has 198 valence electrons. The van der Waals surface area contributed by atoms with Crippen LogP contribution in [0.3, 0.4) is 0 Å². The van der Waals surface area contributed by atoms with E-state index in [-0.39, 0.29) is 41.3 Å². The summed E-state index contributed by atoms with van der Waals surface area (Å²) in [4.78, 5) is 17.2. The second-order valence-corrected chi connectivity index (χ2v) is 9.30. The van der Waals surface area contributed by atoms with E-state index in [9.17, 15) is 23.2 Å². The van der Waals surface area contributed by atoms with Gasteiger partial charge < -0.3 is 20.1 Å². The Morgan fingerprint density at radius 3 is 2.34 bits per heavy atom. The number of amides is 1. The van der Waals surface area contributed by atoms with E-state index in [1.165, 1.54) is 12.1 Å². The highest BCUT2D eigenvalue weighted by atomic mass is 19.4. The van der Waals surface area contributed by atoms with Gasteiger partial charge in [0.2, 0.25) is 5.88 Å². The maximum Gasteiger partial charge on any atom is 0.573 e. The van der Waals surface area contributed by atoms with Crippen LogP contribution < -0.4 is 20.1 Å². The third kappa shape index (κ3) is 7.01. The van der Waals surface area contributed by atoms with Crippen LogP contribution in [-0.4, -0.2) is 42.0 Å². The summed E-state index contributed by atoms with van der Waals surface area (Å²) >= 11 is 0. The average Bonchev–Trinajstić information content (AvgIpc) is 3.32. The van der Waals surface area contributed by atoms with Crippen LogP contribution >= 0.6 is 0 Å². The number of nitriles is 1. The molecule has 0 bridgehead atoms. The molecule has 1 amide bonds. The van der Waals surface area contributed by atoms with Gasteiger partial charge in [0.1, 0.15) is 5.75 Å². The number of nitrogens with zero attached hydrogens (tertiary/aromatic N) is 2. The lowest BCUT2D eigenvalue weighted by molar-refractivity contribution is -0.274. The van der Waals surface area contributed by atoms with Crippen LogP contribution in [0.2, 0.25) is 0 Å². The maximum absolute atomic E-state index is 12.8. The molecule has 2 heterocycles. The number of carbonyl (C=O) groups excluding carboxylic acids is 1. The van der Waals surface area contributed by atoms with Gasteiger partial charge in [-0.3, -0.25) is 4.79 Å². The van der Waals surface area contributed by atoms with Crippen molar-refractivity contribution in [3.05, 3.63) is 89.1 Å². The molecule has 3 atom stereocenters. The Morgan fingerprint density at radius 2 is 1.76 bits per heavy atom. The zero-order valence-electron chi connectivity index (χ0n) is 20.8. The lowest BCUT2D eigenvalue weighted by atomic mass is 9.84. The third-order valence-corrected chi connectivity index (χ3v) is 6.13. The van der Waals surface area contributed by atoms with Crippen LogP contribution in [0.1, 0.15) is 53.2 Å². The second-order valence-electron chi connectivity index (χ2n) is 9.30. The van der Waals surface area contributed by atoms with Gasteiger partial charge in [0.15, 0.2) is 0 Å². The summed E-state index contributed by atoms with van der Waals surface area (Å²) in [7, 11) is 0. The Kier molecular flexibility index (Phi) is 8.17. The highest BCUT2D eigenvalue weighted by Crippen LogP contribution is 2.33. The van der Waals surface area contributed by atoms with Crippen LogP contribution in [0.25, 0.3) is 0 Å². The molecule has 7 nitrogen and oxygen atoms in total. The molecular weight excluding hydrogens is 497 g/mol. The standard InChI is InChI=1S/C28H27F3N4O3/c1-17(2)37-25-12-9-21(15-34-25)26(19-5-3-18(14-32)4-6-19)24-13-22(16-33-24)35-27(36)20-7-10-23(11-8-20)38-28(29,30)31/h3-12,15,17,22,24,26,33H,13,16H2,1-2H3,(H,35,36). The Morgan fingerprint density at radius 1 is 1.08 bits per heavy atom. The quantitative estimate of drug-likeness (QED) is 0.434. The van der Waals surface area contributed by atoms with Gasteiger partial charge in [-0.2, -0.15) is 5.26 Å². The van der Waals surface area contributed by atoms with Gasteiger partial charge in [-0.05, 0) is 67.8 Å². The minimum absolute atomic E-state index is 0.00286. The van der Waals surface area contributed by atoms with E-state index in [0.29, 0.717) is 24.4 Å². The molecule has 10 heteroatoms. The summed E-state index contributed by atoms with van der Waals surface area (Å²) in [5.74, 6) is -0.356. The number of carbonyl (C=O) groups is 1. The van der Waals surface area contributed by atoms with Crippen LogP contribution in [-0.2, 0) is 0 Å². The smallest absolute Gasteiger partial charge is 0.475 e. The van der Waals surface area contributed by atoms with E-state index in [2.05, 4.69) is 26.4 Å². The lowest BCUT2D eigenvalue weighted by Crippen LogP contribution is -2.36. The predicted octanol–water partition coefficient (Wildman–Crippen LogP) is 4.93. The van der Waals surface area contributed by atoms with Gasteiger partial charge in [-0.1, -0.05) is 18.2 Å². The van der Waals surface area contributed by atoms with Gasteiger partial charge in [-0.25, -0.2) is 4.98 Å². The average molecular weight is 525 g/mol. The maximum atomic E-state index is 12.8. The third-order valence-electron chi connectivity index (χ3n) is 6.13. The molecule has 1 aliphatic heterocycles. The molecule has 1 fully saturated rings. The number of aromatic nitrogens is 1. The molecule has 2 N–H and O–H groups in total. The number of rotatable bonds is 8. The summed E-state index contributed by atoms with van der Waals surface area (Å²) in [6, 6.07) is 17.9. The Balaban J connectivity index is 1.48. The van der Waals surface area contributed by atoms with E-state index in [1.54, 1.807) is 18.3 Å². The molecule has 4 rings (SSSR count). The Labute approximate surface area is 218 Å². The molecule has 1 aliphatic rings. The number of halogens is 3. The van der Waals surface area contributed by atoms with Gasteiger partial charge in [0, 0.05) is 42.4 Å². The Hall–Kier alpha value is -4.10. The molecule has 1 saturated heterocycles. The summed E-state index contributed by atoms with van der Waals surface area (Å²) in [6.07, 6.45) is -2.41. The molecule has 3 aromatic rings. The minimum atomic E-state index is -4.79. The van der Waals surface area contributed by atoms with Crippen molar-refractivity contribution in [3.8, 4) is 17.7 Å². The van der Waals surface area contributed by atoms with E-state index in [0.717, 1.165) is 23.3 Å². The SMILES string of the molecule is CC(C)Oc1ccc(C(c2ccc(C#N)cc2)C2CC(NC(=O)c3ccc(OC(F)(F)F)cc3)CN2)cn1. The van der Waals surface area contributed by atoms with Crippen molar-refractivity contribution in [1.82, 2.24) is 15.6 Å². The number of hydrogen-bond acceptors (Lipinski definition) is 6. The molecule has 38 heavy (non-hydrogen) atoms. The molecule has 0 spiro atoms. The fourth-order valence-electron chi connectivity index (χ4n) is 4.52. The van der Waals surface area contributed by atoms with Crippen molar-refractivity contribution in [2.24, 2.45) is 0 Å². The number of benzene rings is 2. The molecule has 0 radical (unpaired) electrons. The lowest BCUT2D eigenvalue weighted by Gasteiger charge is -2.25. The van der Waals surface area contributed by atoms with Gasteiger partial charge in [-0.15, -0.1) is 13.2 Å². The summed E-state index contributed by atoms with van der Waals surface area (Å²) in [6.45, 7) is 4.37. The molecular formula is C28H27F3N4O3. The number of hydrogen-bond donors (Lipinski definition) is 2. The van der Waals surface area contributed by atoms with Gasteiger partial charge in [0.05, 0.1) is 17.7 Å². The van der Waals surface area contributed by atoms with Crippen molar-refractivity contribution in [2.45, 2.75) is 50.7 Å². The van der Waals surface area contributed by atoms with Crippen LogP contribution in [0.4, 0.5) is 13.2 Å². The summed E-state index contributed by atoms with van der Waals surface area (Å²) in [5, 5.41) is 15.6. The summed E-state index contributed by atoms with van der Waals surface area (Å²) < 4.78 is 46.7. The van der Waals surface area contributed by atoms with Crippen molar-refractivity contribution in [2.75, 3.05) is 6.54 Å². The van der Waals surface area contributed by atoms with Crippen LogP contribution in [0, 0.1) is 11.3 Å². The van der Waals surface area contributed by atoms with E-state index < -0.39 is 6.36 Å². The fraction of sp³-hybridized carbons (Fsp3) is 0.321. The number of pyridine rings is 1. The predicted molar refractivity (Wildman–Crippen MR) is 134 cm³/mol. The summed E-state index contributed by atoms with van der Waals surface area (Å²) in [5.41, 5.74) is 2.74. The minimum Gasteiger partial charge on any atom is -0.475 e. The van der Waals surface area contributed by atoms with Crippen LogP contribution in [0.5, 0.6) is 11.6 Å². The zero-order valence-corrected chi connectivity index (χ0v) is 20.8. The molecule has 0 saturated carbocycles. The first-order valence-electron chi connectivity index (χ1n) is 12.1. The van der Waals surface area contributed by atoms with Crippen molar-refractivity contribution in [1.29, 1.82) is 5.26 Å². The largest absolute Gasteiger partial charge is 0.573 e. The molecule has 1 aromatic heterocycles. The number of ether oxygens (including phenoxy) is 2. The van der Waals surface area contributed by atoms with Crippen LogP contribution in [0.15, 0.2) is 66.9 Å². The molecule has 2 aromatic carbocycles. The molecule has 3 unspecified atom stereocenters. The molecule has 0 aliphatic carbocycles. The van der Waals surface area contributed by atoms with E-state index in [4.69, 9.17) is 4.74 Å². The number of nitrogens with one attached hydrogen (secondary N) is 2. The van der Waals surface area contributed by atoms with Gasteiger partial charge >= 0.3 is 6.36 Å². The highest BCUT2D eigenvalue weighted by Gasteiger charge is 2.34. The monoisotopic (exact) mass is 524 g/mol. The first-order chi connectivity index (χ1) is 18.1. The van der Waals surface area contributed by atoms with Crippen molar-refractivity contribution >= 4 is 5.91 Å². The van der Waals surface area contributed by atoms with Crippen molar-refractivity contribution in [3.63, 3.8) is 0 Å². The zero-order chi connectivity index (χ0) is 27.3. The van der Waals surface area contributed by atoms with E-state index in [1.807, 2.05) is 38.1 Å². The first-order valence-corrected chi connectivity index (χ1v) is 12.1. The van der Waals surface area contributed by atoms with Crippen molar-refractivity contribution < 1.29 is 27.4 Å². The van der Waals surface area contributed by atoms with Gasteiger partial charge in [0.25, 0.3) is 5.91 Å². The number of alkyl halides is 3.